The van der Waals surface area contributed by atoms with Crippen LogP contribution in [0.4, 0.5) is 0 Å². The molecular formula is C14H19NO. The topological polar surface area (TPSA) is 25.2 Å². The highest BCUT2D eigenvalue weighted by atomic mass is 16.3. The van der Waals surface area contributed by atoms with Crippen molar-refractivity contribution in [2.75, 3.05) is 6.54 Å². The molecule has 4 rings (SSSR count). The van der Waals surface area contributed by atoms with Gasteiger partial charge in [0, 0.05) is 24.1 Å². The van der Waals surface area contributed by atoms with Gasteiger partial charge < -0.3 is 9.73 Å². The van der Waals surface area contributed by atoms with Crippen molar-refractivity contribution in [3.63, 3.8) is 0 Å². The predicted molar refractivity (Wildman–Crippen MR) is 62.2 cm³/mol. The Labute approximate surface area is 96.4 Å². The van der Waals surface area contributed by atoms with Gasteiger partial charge in [0.1, 0.15) is 5.76 Å². The first-order chi connectivity index (χ1) is 7.86. The van der Waals surface area contributed by atoms with Gasteiger partial charge in [0.25, 0.3) is 0 Å². The van der Waals surface area contributed by atoms with Gasteiger partial charge in [-0.3, -0.25) is 0 Å². The maximum Gasteiger partial charge on any atom is 0.110 e. The smallest absolute Gasteiger partial charge is 0.110 e. The molecule has 2 fully saturated rings. The number of hydrogen-bond acceptors (Lipinski definition) is 2. The second-order valence-corrected chi connectivity index (χ2v) is 5.97. The lowest BCUT2D eigenvalue weighted by molar-refractivity contribution is 0.159. The lowest BCUT2D eigenvalue weighted by atomic mass is 9.70. The molecule has 2 nitrogen and oxygen atoms in total. The first-order valence-electron chi connectivity index (χ1n) is 6.68. The van der Waals surface area contributed by atoms with E-state index in [9.17, 15) is 0 Å². The highest BCUT2D eigenvalue weighted by Crippen LogP contribution is 2.52. The summed E-state index contributed by atoms with van der Waals surface area (Å²) in [6.07, 6.45) is 10.0. The molecular weight excluding hydrogens is 198 g/mol. The summed E-state index contributed by atoms with van der Waals surface area (Å²) >= 11 is 0. The molecule has 2 saturated carbocycles. The van der Waals surface area contributed by atoms with Gasteiger partial charge in [0.05, 0.1) is 6.26 Å². The third-order valence-corrected chi connectivity index (χ3v) is 5.00. The zero-order valence-electron chi connectivity index (χ0n) is 9.67. The van der Waals surface area contributed by atoms with E-state index >= 15 is 0 Å². The monoisotopic (exact) mass is 217 g/mol. The summed E-state index contributed by atoms with van der Waals surface area (Å²) < 4.78 is 5.63. The highest BCUT2D eigenvalue weighted by molar-refractivity contribution is 5.31. The zero-order valence-corrected chi connectivity index (χ0v) is 9.67. The molecule has 2 aliphatic carbocycles. The van der Waals surface area contributed by atoms with Crippen molar-refractivity contribution in [3.8, 4) is 0 Å². The Bertz CT molecular complexity index is 397. The van der Waals surface area contributed by atoms with E-state index in [2.05, 4.69) is 11.4 Å². The van der Waals surface area contributed by atoms with Gasteiger partial charge in [0.2, 0.25) is 0 Å². The van der Waals surface area contributed by atoms with Crippen LogP contribution in [0.25, 0.3) is 0 Å². The van der Waals surface area contributed by atoms with Crippen LogP contribution in [0.1, 0.15) is 43.4 Å². The molecule has 0 amide bonds. The fourth-order valence-corrected chi connectivity index (χ4v) is 4.45. The molecule has 1 aromatic rings. The lowest BCUT2D eigenvalue weighted by Crippen LogP contribution is -2.50. The van der Waals surface area contributed by atoms with Crippen LogP contribution >= 0.6 is 0 Å². The summed E-state index contributed by atoms with van der Waals surface area (Å²) in [5.74, 6) is 3.18. The Kier molecular flexibility index (Phi) is 1.82. The van der Waals surface area contributed by atoms with Gasteiger partial charge in [-0.2, -0.15) is 0 Å². The number of nitrogens with one attached hydrogen (secondary N) is 1. The van der Waals surface area contributed by atoms with Crippen LogP contribution in [0.2, 0.25) is 0 Å². The van der Waals surface area contributed by atoms with E-state index < -0.39 is 0 Å². The lowest BCUT2D eigenvalue weighted by Gasteiger charge is -2.44. The molecule has 3 atom stereocenters. The van der Waals surface area contributed by atoms with Crippen LogP contribution in [0.5, 0.6) is 0 Å². The Morgan fingerprint density at radius 3 is 2.88 bits per heavy atom. The van der Waals surface area contributed by atoms with Crippen molar-refractivity contribution in [2.45, 2.75) is 44.1 Å². The molecule has 16 heavy (non-hydrogen) atoms. The van der Waals surface area contributed by atoms with Crippen molar-refractivity contribution >= 4 is 0 Å². The van der Waals surface area contributed by atoms with E-state index in [1.807, 2.05) is 6.26 Å². The molecule has 86 valence electrons. The quantitative estimate of drug-likeness (QED) is 0.723. The van der Waals surface area contributed by atoms with Crippen molar-refractivity contribution in [3.05, 3.63) is 23.7 Å². The summed E-state index contributed by atoms with van der Waals surface area (Å²) in [7, 11) is 0. The van der Waals surface area contributed by atoms with Crippen LogP contribution in [0.3, 0.4) is 0 Å². The molecule has 2 heterocycles. The summed E-state index contributed by atoms with van der Waals surface area (Å²) in [4.78, 5) is 0. The van der Waals surface area contributed by atoms with Gasteiger partial charge >= 0.3 is 0 Å². The van der Waals surface area contributed by atoms with Crippen LogP contribution in [0, 0.1) is 11.8 Å². The van der Waals surface area contributed by atoms with Crippen molar-refractivity contribution in [2.24, 2.45) is 11.8 Å². The second kappa shape index (κ2) is 3.13. The molecule has 0 aromatic carbocycles. The Balaban J connectivity index is 1.78. The fraction of sp³-hybridized carbons (Fsp3) is 0.714. The van der Waals surface area contributed by atoms with Crippen LogP contribution in [0.15, 0.2) is 16.7 Å². The van der Waals surface area contributed by atoms with Crippen LogP contribution in [-0.2, 0) is 12.0 Å². The number of furan rings is 1. The third-order valence-electron chi connectivity index (χ3n) is 5.00. The van der Waals surface area contributed by atoms with Crippen LogP contribution < -0.4 is 5.32 Å². The molecule has 2 bridgehead atoms. The van der Waals surface area contributed by atoms with Gasteiger partial charge in [0.15, 0.2) is 0 Å². The minimum Gasteiger partial charge on any atom is -0.469 e. The summed E-state index contributed by atoms with van der Waals surface area (Å²) in [6, 6.07) is 2.21. The number of hydrogen-bond donors (Lipinski definition) is 1. The zero-order chi connectivity index (χ0) is 10.6. The first-order valence-corrected chi connectivity index (χ1v) is 6.68. The maximum absolute atomic E-state index is 5.63. The summed E-state index contributed by atoms with van der Waals surface area (Å²) in [5, 5.41) is 3.82. The third kappa shape index (κ3) is 1.17. The molecule has 0 radical (unpaired) electrons. The highest BCUT2D eigenvalue weighted by Gasteiger charge is 2.47. The van der Waals surface area contributed by atoms with Crippen LogP contribution in [-0.4, -0.2) is 6.54 Å². The summed E-state index contributed by atoms with van der Waals surface area (Å²) in [6.45, 7) is 1.10. The van der Waals surface area contributed by atoms with Gasteiger partial charge in [-0.05, 0) is 37.2 Å². The normalized spacial score (nSPS) is 41.2. The van der Waals surface area contributed by atoms with E-state index in [0.717, 1.165) is 24.8 Å². The fourth-order valence-electron chi connectivity index (χ4n) is 4.45. The van der Waals surface area contributed by atoms with Gasteiger partial charge in [-0.1, -0.05) is 12.8 Å². The minimum absolute atomic E-state index is 0.282. The average Bonchev–Trinajstić information content (AvgIpc) is 2.87. The van der Waals surface area contributed by atoms with E-state index in [-0.39, 0.29) is 5.54 Å². The molecule has 1 unspecified atom stereocenters. The first kappa shape index (κ1) is 9.29. The molecule has 2 heteroatoms. The van der Waals surface area contributed by atoms with Gasteiger partial charge in [-0.25, -0.2) is 0 Å². The molecule has 0 saturated heterocycles. The second-order valence-electron chi connectivity index (χ2n) is 5.97. The minimum atomic E-state index is 0.282. The molecule has 1 aromatic heterocycles. The number of rotatable bonds is 0. The largest absolute Gasteiger partial charge is 0.469 e. The van der Waals surface area contributed by atoms with Crippen molar-refractivity contribution < 1.29 is 4.42 Å². The van der Waals surface area contributed by atoms with E-state index in [1.54, 1.807) is 0 Å². The standard InChI is InChI=1S/C14H19NO/c1-2-11-7-10(1)8-14(9-11)12-4-6-16-13(12)3-5-15-14/h4,6,10-11,15H,1-3,5,7-9H2/t10-,11+,14?. The Morgan fingerprint density at radius 1 is 1.25 bits per heavy atom. The molecule has 3 aliphatic rings. The number of fused-ring (bicyclic) bond motifs is 4. The van der Waals surface area contributed by atoms with Gasteiger partial charge in [-0.15, -0.1) is 0 Å². The maximum atomic E-state index is 5.63. The Hall–Kier alpha value is -0.760. The van der Waals surface area contributed by atoms with E-state index in [0.29, 0.717) is 0 Å². The SMILES string of the molecule is c1cc2c(o1)CCNC21C[C@@H]2CC[C@@H](C2)C1. The molecule has 1 aliphatic heterocycles. The van der Waals surface area contributed by atoms with Crippen molar-refractivity contribution in [1.82, 2.24) is 5.32 Å². The van der Waals surface area contributed by atoms with Crippen molar-refractivity contribution in [1.29, 1.82) is 0 Å². The predicted octanol–water partition coefficient (Wildman–Crippen LogP) is 2.83. The molecule has 1 N–H and O–H groups in total. The van der Waals surface area contributed by atoms with E-state index in [1.165, 1.54) is 43.4 Å². The summed E-state index contributed by atoms with van der Waals surface area (Å²) in [5.41, 5.74) is 1.76. The van der Waals surface area contributed by atoms with E-state index in [4.69, 9.17) is 4.42 Å². The molecule has 1 spiro atoms. The Morgan fingerprint density at radius 2 is 2.06 bits per heavy atom. The average molecular weight is 217 g/mol.